The van der Waals surface area contributed by atoms with E-state index in [4.69, 9.17) is 11.6 Å². The SMILES string of the molecule is CCS(=O)(=O)C(Br)(Br)C(=O)c1cccc(Cl)c1. The molecule has 94 valence electrons. The van der Waals surface area contributed by atoms with E-state index >= 15 is 0 Å². The van der Waals surface area contributed by atoms with E-state index in [9.17, 15) is 13.2 Å². The first-order valence-corrected chi connectivity index (χ1v) is 8.24. The molecule has 0 aliphatic heterocycles. The highest BCUT2D eigenvalue weighted by Crippen LogP contribution is 2.37. The van der Waals surface area contributed by atoms with Gasteiger partial charge in [-0.15, -0.1) is 0 Å². The Morgan fingerprint density at radius 3 is 2.47 bits per heavy atom. The fraction of sp³-hybridized carbons (Fsp3) is 0.300. The van der Waals surface area contributed by atoms with Crippen LogP contribution in [0.2, 0.25) is 5.02 Å². The van der Waals surface area contributed by atoms with Crippen molar-refractivity contribution in [2.24, 2.45) is 0 Å². The smallest absolute Gasteiger partial charge is 0.243 e. The third-order valence-corrected chi connectivity index (χ3v) is 7.76. The quantitative estimate of drug-likeness (QED) is 0.571. The lowest BCUT2D eigenvalue weighted by Gasteiger charge is -2.18. The van der Waals surface area contributed by atoms with E-state index in [-0.39, 0.29) is 11.3 Å². The van der Waals surface area contributed by atoms with E-state index in [1.165, 1.54) is 19.1 Å². The molecule has 0 aliphatic carbocycles. The van der Waals surface area contributed by atoms with Crippen molar-refractivity contribution in [2.75, 3.05) is 5.75 Å². The van der Waals surface area contributed by atoms with Crippen LogP contribution in [-0.4, -0.2) is 22.5 Å². The van der Waals surface area contributed by atoms with E-state index in [0.29, 0.717) is 5.02 Å². The Kier molecular flexibility index (Phi) is 4.80. The van der Waals surface area contributed by atoms with Gasteiger partial charge < -0.3 is 0 Å². The van der Waals surface area contributed by atoms with Gasteiger partial charge in [0.25, 0.3) is 0 Å². The van der Waals surface area contributed by atoms with E-state index in [0.717, 1.165) is 0 Å². The molecule has 7 heteroatoms. The van der Waals surface area contributed by atoms with Crippen molar-refractivity contribution in [1.29, 1.82) is 0 Å². The molecule has 0 amide bonds. The highest BCUT2D eigenvalue weighted by Gasteiger charge is 2.45. The van der Waals surface area contributed by atoms with E-state index in [2.05, 4.69) is 31.9 Å². The molecule has 0 aliphatic rings. The zero-order valence-corrected chi connectivity index (χ0v) is 13.5. The van der Waals surface area contributed by atoms with E-state index in [1.807, 2.05) is 0 Å². The molecule has 1 aromatic carbocycles. The maximum Gasteiger partial charge on any atom is 0.243 e. The number of sulfone groups is 1. The predicted octanol–water partition coefficient (Wildman–Crippen LogP) is 3.40. The van der Waals surface area contributed by atoms with Crippen LogP contribution in [0.3, 0.4) is 0 Å². The molecule has 17 heavy (non-hydrogen) atoms. The average molecular weight is 405 g/mol. The van der Waals surface area contributed by atoms with Crippen molar-refractivity contribution in [3.63, 3.8) is 0 Å². The first kappa shape index (κ1) is 15.1. The second-order valence-electron chi connectivity index (χ2n) is 3.26. The number of carbonyl (C=O) groups excluding carboxylic acids is 1. The Morgan fingerprint density at radius 2 is 2.00 bits per heavy atom. The van der Waals surface area contributed by atoms with Crippen molar-refractivity contribution >= 4 is 59.1 Å². The number of halogens is 3. The molecule has 0 saturated carbocycles. The summed E-state index contributed by atoms with van der Waals surface area (Å²) in [5, 5.41) is 0.376. The van der Waals surface area contributed by atoms with Gasteiger partial charge in [0, 0.05) is 10.6 Å². The number of rotatable bonds is 4. The fourth-order valence-corrected chi connectivity index (χ4v) is 3.90. The molecule has 0 atom stereocenters. The minimum atomic E-state index is -3.62. The van der Waals surface area contributed by atoms with Crippen LogP contribution >= 0.6 is 43.5 Å². The van der Waals surface area contributed by atoms with Gasteiger partial charge in [-0.25, -0.2) is 8.42 Å². The maximum atomic E-state index is 12.1. The number of carbonyl (C=O) groups is 1. The van der Waals surface area contributed by atoms with Gasteiger partial charge in [-0.2, -0.15) is 0 Å². The third kappa shape index (κ3) is 3.10. The number of benzene rings is 1. The number of ketones is 1. The van der Waals surface area contributed by atoms with Gasteiger partial charge >= 0.3 is 0 Å². The Bertz CT molecular complexity index is 540. The summed E-state index contributed by atoms with van der Waals surface area (Å²) in [5.74, 6) is -0.752. The average Bonchev–Trinajstić information content (AvgIpc) is 2.27. The number of hydrogen-bond acceptors (Lipinski definition) is 3. The summed E-state index contributed by atoms with van der Waals surface area (Å²) >= 11 is 11.6. The fourth-order valence-electron chi connectivity index (χ4n) is 1.12. The monoisotopic (exact) mass is 402 g/mol. The van der Waals surface area contributed by atoms with Crippen molar-refractivity contribution in [2.45, 2.75) is 9.49 Å². The van der Waals surface area contributed by atoms with Gasteiger partial charge in [-0.1, -0.05) is 30.7 Å². The molecule has 0 bridgehead atoms. The van der Waals surface area contributed by atoms with Crippen LogP contribution in [0.4, 0.5) is 0 Å². The zero-order valence-electron chi connectivity index (χ0n) is 8.78. The minimum Gasteiger partial charge on any atom is -0.290 e. The van der Waals surface area contributed by atoms with Crippen LogP contribution in [0, 0.1) is 0 Å². The van der Waals surface area contributed by atoms with Crippen molar-refractivity contribution in [3.8, 4) is 0 Å². The summed E-state index contributed by atoms with van der Waals surface area (Å²) < 4.78 is 21.7. The summed E-state index contributed by atoms with van der Waals surface area (Å²) in [5.41, 5.74) is 0.225. The van der Waals surface area contributed by atoms with Crippen molar-refractivity contribution in [1.82, 2.24) is 0 Å². The topological polar surface area (TPSA) is 51.2 Å². The van der Waals surface area contributed by atoms with Gasteiger partial charge in [0.05, 0.1) is 5.75 Å². The second-order valence-corrected chi connectivity index (χ2v) is 10.6. The lowest BCUT2D eigenvalue weighted by atomic mass is 10.1. The Balaban J connectivity index is 3.23. The molecule has 0 heterocycles. The van der Waals surface area contributed by atoms with E-state index < -0.39 is 18.2 Å². The van der Waals surface area contributed by atoms with E-state index in [1.54, 1.807) is 12.1 Å². The van der Waals surface area contributed by atoms with Crippen LogP contribution < -0.4 is 0 Å². The largest absolute Gasteiger partial charge is 0.290 e. The minimum absolute atomic E-state index is 0.157. The highest BCUT2D eigenvalue weighted by atomic mass is 79.9. The van der Waals surface area contributed by atoms with Crippen LogP contribution in [-0.2, 0) is 9.84 Å². The molecular formula is C10H9Br2ClO3S. The molecule has 0 unspecified atom stereocenters. The molecule has 0 N–H and O–H groups in total. The predicted molar refractivity (Wildman–Crippen MR) is 75.8 cm³/mol. The molecule has 1 aromatic rings. The first-order valence-electron chi connectivity index (χ1n) is 4.63. The van der Waals surface area contributed by atoms with Gasteiger partial charge in [-0.05, 0) is 44.0 Å². The molecule has 0 spiro atoms. The summed E-state index contributed by atoms with van der Waals surface area (Å²) in [4.78, 5) is 12.1. The highest BCUT2D eigenvalue weighted by molar-refractivity contribution is 9.28. The molecule has 0 saturated heterocycles. The van der Waals surface area contributed by atoms with Crippen LogP contribution in [0.5, 0.6) is 0 Å². The van der Waals surface area contributed by atoms with Gasteiger partial charge in [0.15, 0.2) is 9.84 Å². The number of hydrogen-bond donors (Lipinski definition) is 0. The Morgan fingerprint density at radius 1 is 1.41 bits per heavy atom. The van der Waals surface area contributed by atoms with Crippen LogP contribution in [0.1, 0.15) is 17.3 Å². The third-order valence-electron chi connectivity index (χ3n) is 2.12. The molecule has 1 rings (SSSR count). The summed E-state index contributed by atoms with van der Waals surface area (Å²) in [6.07, 6.45) is 0. The second kappa shape index (κ2) is 5.38. The molecule has 0 radical (unpaired) electrons. The van der Waals surface area contributed by atoms with Crippen LogP contribution in [0.15, 0.2) is 24.3 Å². The van der Waals surface area contributed by atoms with Crippen molar-refractivity contribution in [3.05, 3.63) is 34.9 Å². The number of Topliss-reactive ketones (excluding diaryl/α,β-unsaturated/α-hetero) is 1. The maximum absolute atomic E-state index is 12.1. The Labute approximate surface area is 122 Å². The Hall–Kier alpha value is 0.0900. The zero-order chi connectivity index (χ0) is 13.3. The van der Waals surface area contributed by atoms with Gasteiger partial charge in [-0.3, -0.25) is 4.79 Å². The molecule has 0 aromatic heterocycles. The summed E-state index contributed by atoms with van der Waals surface area (Å²) in [6, 6.07) is 6.13. The molecular weight excluding hydrogens is 395 g/mol. The normalized spacial score (nSPS) is 12.5. The first-order chi connectivity index (χ1) is 7.72. The van der Waals surface area contributed by atoms with Crippen molar-refractivity contribution < 1.29 is 13.2 Å². The molecule has 0 fully saturated rings. The van der Waals surface area contributed by atoms with Gasteiger partial charge in [0.2, 0.25) is 8.35 Å². The van der Waals surface area contributed by atoms with Crippen LogP contribution in [0.25, 0.3) is 0 Å². The summed E-state index contributed by atoms with van der Waals surface area (Å²) in [6.45, 7) is 1.47. The lowest BCUT2D eigenvalue weighted by molar-refractivity contribution is 0.100. The molecule has 3 nitrogen and oxygen atoms in total. The summed E-state index contributed by atoms with van der Waals surface area (Å²) in [7, 11) is -3.62. The number of alkyl halides is 2. The lowest BCUT2D eigenvalue weighted by Crippen LogP contribution is -2.35. The van der Waals surface area contributed by atoms with Gasteiger partial charge in [0.1, 0.15) is 0 Å². The standard InChI is InChI=1S/C10H9Br2ClO3S/c1-2-17(15,16)10(11,12)9(14)7-4-3-5-8(13)6-7/h3-6H,2H2,1H3.